The Bertz CT molecular complexity index is 510. The van der Waals surface area contributed by atoms with Crippen LogP contribution in [0.3, 0.4) is 0 Å². The number of amides is 1. The van der Waals surface area contributed by atoms with Gasteiger partial charge in [-0.2, -0.15) is 0 Å². The van der Waals surface area contributed by atoms with Crippen LogP contribution in [0.15, 0.2) is 23.8 Å². The van der Waals surface area contributed by atoms with Crippen molar-refractivity contribution in [2.24, 2.45) is 0 Å². The lowest BCUT2D eigenvalue weighted by Gasteiger charge is -2.11. The maximum Gasteiger partial charge on any atom is 0.246 e. The summed E-state index contributed by atoms with van der Waals surface area (Å²) in [6.45, 7) is 3.24. The van der Waals surface area contributed by atoms with Crippen molar-refractivity contribution >= 4 is 12.0 Å². The number of carbonyl (C=O) groups excluding carboxylic acids is 1. The maximum atomic E-state index is 12.0. The third-order valence-electron chi connectivity index (χ3n) is 2.99. The van der Waals surface area contributed by atoms with Gasteiger partial charge in [-0.25, -0.2) is 0 Å². The van der Waals surface area contributed by atoms with Crippen molar-refractivity contribution in [2.45, 2.75) is 6.92 Å². The Kier molecular flexibility index (Phi) is 6.75. The number of carbonyl (C=O) groups is 1. The van der Waals surface area contributed by atoms with Gasteiger partial charge in [-0.15, -0.1) is 0 Å². The van der Waals surface area contributed by atoms with Gasteiger partial charge in [0, 0.05) is 18.7 Å². The van der Waals surface area contributed by atoms with Gasteiger partial charge >= 0.3 is 0 Å². The molecule has 0 aliphatic carbocycles. The van der Waals surface area contributed by atoms with Gasteiger partial charge in [0.25, 0.3) is 0 Å². The smallest absolute Gasteiger partial charge is 0.246 e. The lowest BCUT2D eigenvalue weighted by molar-refractivity contribution is -0.117. The van der Waals surface area contributed by atoms with Crippen LogP contribution in [-0.2, 0) is 4.79 Å². The highest BCUT2D eigenvalue weighted by molar-refractivity contribution is 5.97. The van der Waals surface area contributed by atoms with E-state index in [-0.39, 0.29) is 5.91 Å². The van der Waals surface area contributed by atoms with Gasteiger partial charge in [0.05, 0.1) is 14.2 Å². The molecule has 1 aromatic rings. The molecule has 0 aliphatic rings. The third kappa shape index (κ3) is 5.47. The Morgan fingerprint density at radius 1 is 1.24 bits per heavy atom. The number of benzene rings is 1. The first kappa shape index (κ1) is 17.0. The fourth-order valence-electron chi connectivity index (χ4n) is 1.79. The van der Waals surface area contributed by atoms with Crippen LogP contribution in [0.1, 0.15) is 12.5 Å². The number of nitrogens with zero attached hydrogens (tertiary/aromatic N) is 1. The highest BCUT2D eigenvalue weighted by atomic mass is 16.5. The molecule has 0 saturated heterocycles. The molecule has 0 aromatic heterocycles. The molecule has 116 valence electrons. The Hall–Kier alpha value is -2.01. The van der Waals surface area contributed by atoms with Crippen LogP contribution >= 0.6 is 0 Å². The zero-order valence-corrected chi connectivity index (χ0v) is 13.4. The second-order valence-corrected chi connectivity index (χ2v) is 5.00. The Morgan fingerprint density at radius 3 is 2.48 bits per heavy atom. The van der Waals surface area contributed by atoms with Crippen molar-refractivity contribution in [3.63, 3.8) is 0 Å². The summed E-state index contributed by atoms with van der Waals surface area (Å²) >= 11 is 0. The fraction of sp³-hybridized carbons (Fsp3) is 0.438. The highest BCUT2D eigenvalue weighted by Gasteiger charge is 2.06. The van der Waals surface area contributed by atoms with Crippen LogP contribution in [-0.4, -0.2) is 52.2 Å². The summed E-state index contributed by atoms with van der Waals surface area (Å²) in [4.78, 5) is 14.0. The second-order valence-electron chi connectivity index (χ2n) is 5.00. The Labute approximate surface area is 126 Å². The molecule has 0 unspecified atom stereocenters. The first-order chi connectivity index (χ1) is 9.97. The van der Waals surface area contributed by atoms with E-state index in [1.165, 1.54) is 0 Å². The summed E-state index contributed by atoms with van der Waals surface area (Å²) in [7, 11) is 7.12. The van der Waals surface area contributed by atoms with E-state index >= 15 is 0 Å². The monoisotopic (exact) mass is 292 g/mol. The quantitative estimate of drug-likeness (QED) is 0.778. The van der Waals surface area contributed by atoms with Crippen molar-refractivity contribution in [2.75, 3.05) is 41.4 Å². The number of hydrogen-bond donors (Lipinski definition) is 1. The number of rotatable bonds is 7. The molecule has 0 atom stereocenters. The molecule has 0 fully saturated rings. The predicted molar refractivity (Wildman–Crippen MR) is 84.8 cm³/mol. The van der Waals surface area contributed by atoms with E-state index < -0.39 is 0 Å². The fourth-order valence-corrected chi connectivity index (χ4v) is 1.79. The second kappa shape index (κ2) is 8.32. The summed E-state index contributed by atoms with van der Waals surface area (Å²) < 4.78 is 10.4. The number of likely N-dealkylation sites (N-methyl/N-ethyl adjacent to an activating group) is 1. The molecule has 5 nitrogen and oxygen atoms in total. The van der Waals surface area contributed by atoms with Gasteiger partial charge < -0.3 is 19.7 Å². The van der Waals surface area contributed by atoms with Gasteiger partial charge in [0.1, 0.15) is 0 Å². The van der Waals surface area contributed by atoms with Crippen molar-refractivity contribution in [1.82, 2.24) is 10.2 Å². The Morgan fingerprint density at radius 2 is 1.90 bits per heavy atom. The molecule has 0 aliphatic heterocycles. The molecule has 1 rings (SSSR count). The number of methoxy groups -OCH3 is 2. The van der Waals surface area contributed by atoms with E-state index in [9.17, 15) is 4.79 Å². The molecule has 1 amide bonds. The van der Waals surface area contributed by atoms with Crippen molar-refractivity contribution in [1.29, 1.82) is 0 Å². The van der Waals surface area contributed by atoms with Gasteiger partial charge in [-0.1, -0.05) is 6.07 Å². The summed E-state index contributed by atoms with van der Waals surface area (Å²) in [5.74, 6) is 1.25. The molecule has 1 N–H and O–H groups in total. The van der Waals surface area contributed by atoms with Gasteiger partial charge in [-0.3, -0.25) is 4.79 Å². The van der Waals surface area contributed by atoms with E-state index in [2.05, 4.69) is 5.32 Å². The number of nitrogens with one attached hydrogen (secondary N) is 1. The predicted octanol–water partition coefficient (Wildman–Crippen LogP) is 1.78. The van der Waals surface area contributed by atoms with Crippen LogP contribution < -0.4 is 14.8 Å². The summed E-state index contributed by atoms with van der Waals surface area (Å²) in [6.07, 6.45) is 1.83. The van der Waals surface area contributed by atoms with Crippen molar-refractivity contribution in [3.05, 3.63) is 29.3 Å². The molecule has 0 heterocycles. The molecule has 0 bridgehead atoms. The van der Waals surface area contributed by atoms with E-state index in [1.807, 2.05) is 43.3 Å². The van der Waals surface area contributed by atoms with E-state index in [0.717, 1.165) is 12.1 Å². The van der Waals surface area contributed by atoms with Crippen LogP contribution in [0.5, 0.6) is 11.5 Å². The summed E-state index contributed by atoms with van der Waals surface area (Å²) in [5, 5.41) is 2.88. The maximum absolute atomic E-state index is 12.0. The average Bonchev–Trinajstić information content (AvgIpc) is 2.46. The Balaban J connectivity index is 2.75. The average molecular weight is 292 g/mol. The van der Waals surface area contributed by atoms with Gasteiger partial charge in [0.2, 0.25) is 5.91 Å². The van der Waals surface area contributed by atoms with Crippen molar-refractivity contribution < 1.29 is 14.3 Å². The molecule has 5 heteroatoms. The topological polar surface area (TPSA) is 50.8 Å². The molecule has 0 spiro atoms. The molecular weight excluding hydrogens is 268 g/mol. The van der Waals surface area contributed by atoms with E-state index in [0.29, 0.717) is 23.6 Å². The van der Waals surface area contributed by atoms with Gasteiger partial charge in [-0.05, 0) is 44.8 Å². The number of ether oxygens (including phenoxy) is 2. The SMILES string of the molecule is COc1ccc(/C=C(\C)C(=O)NCCN(C)C)cc1OC. The van der Waals surface area contributed by atoms with Gasteiger partial charge in [0.15, 0.2) is 11.5 Å². The molecular formula is C16H24N2O3. The molecule has 0 saturated carbocycles. The lowest BCUT2D eigenvalue weighted by Crippen LogP contribution is -2.31. The standard InChI is InChI=1S/C16H24N2O3/c1-12(16(19)17-8-9-18(2)3)10-13-6-7-14(20-4)15(11-13)21-5/h6-7,10-11H,8-9H2,1-5H3,(H,17,19)/b12-10+. The number of hydrogen-bond acceptors (Lipinski definition) is 4. The normalized spacial score (nSPS) is 11.4. The summed E-state index contributed by atoms with van der Waals surface area (Å²) in [5.41, 5.74) is 1.55. The largest absolute Gasteiger partial charge is 0.493 e. The van der Waals surface area contributed by atoms with Crippen LogP contribution in [0.25, 0.3) is 6.08 Å². The summed E-state index contributed by atoms with van der Waals surface area (Å²) in [6, 6.07) is 5.55. The van der Waals surface area contributed by atoms with Crippen LogP contribution in [0, 0.1) is 0 Å². The first-order valence-electron chi connectivity index (χ1n) is 6.81. The van der Waals surface area contributed by atoms with Crippen molar-refractivity contribution in [3.8, 4) is 11.5 Å². The van der Waals surface area contributed by atoms with Crippen LogP contribution in [0.2, 0.25) is 0 Å². The van der Waals surface area contributed by atoms with Crippen LogP contribution in [0.4, 0.5) is 0 Å². The third-order valence-corrected chi connectivity index (χ3v) is 2.99. The minimum atomic E-state index is -0.0633. The molecule has 21 heavy (non-hydrogen) atoms. The minimum Gasteiger partial charge on any atom is -0.493 e. The van der Waals surface area contributed by atoms with E-state index in [4.69, 9.17) is 9.47 Å². The lowest BCUT2D eigenvalue weighted by atomic mass is 10.1. The minimum absolute atomic E-state index is 0.0633. The zero-order valence-electron chi connectivity index (χ0n) is 13.4. The van der Waals surface area contributed by atoms with E-state index in [1.54, 1.807) is 21.1 Å². The zero-order chi connectivity index (χ0) is 15.8. The molecule has 0 radical (unpaired) electrons. The molecule has 1 aromatic carbocycles. The highest BCUT2D eigenvalue weighted by Crippen LogP contribution is 2.28. The first-order valence-corrected chi connectivity index (χ1v) is 6.81.